The number of aliphatic hydroxyl groups excluding tert-OH is 2. The van der Waals surface area contributed by atoms with E-state index in [1.54, 1.807) is 17.0 Å². The molecule has 3 amide bonds. The smallest absolute Gasteiger partial charge is 0.328 e. The fourth-order valence-electron chi connectivity index (χ4n) is 11.6. The van der Waals surface area contributed by atoms with Crippen LogP contribution in [0, 0.1) is 52.3 Å². The van der Waals surface area contributed by atoms with Crippen LogP contribution in [0.25, 0.3) is 0 Å². The molecule has 9 nitrogen and oxygen atoms in total. The van der Waals surface area contributed by atoms with E-state index in [1.165, 1.54) is 13.0 Å². The molecule has 0 unspecified atom stereocenters. The largest absolute Gasteiger partial charge is 0.393 e. The molecule has 0 radical (unpaired) electrons. The van der Waals surface area contributed by atoms with Gasteiger partial charge in [0, 0.05) is 25.7 Å². The average molecular weight is 658 g/mol. The van der Waals surface area contributed by atoms with Crippen molar-refractivity contribution in [2.24, 2.45) is 52.3 Å². The molecule has 1 aromatic rings. The highest BCUT2D eigenvalue weighted by Gasteiger charge is 2.64. The third kappa shape index (κ3) is 5.58. The molecule has 5 aliphatic rings. The number of aliphatic hydroxyl groups is 2. The summed E-state index contributed by atoms with van der Waals surface area (Å²) in [4.78, 5) is 26.2. The molecule has 4 fully saturated rings. The zero-order chi connectivity index (χ0) is 33.2. The van der Waals surface area contributed by atoms with E-state index in [0.717, 1.165) is 69.0 Å². The van der Waals surface area contributed by atoms with Gasteiger partial charge in [-0.05, 0) is 134 Å². The van der Waals surface area contributed by atoms with Crippen LogP contribution in [0.4, 0.5) is 10.5 Å². The van der Waals surface area contributed by atoms with Crippen molar-refractivity contribution in [3.63, 3.8) is 0 Å². The monoisotopic (exact) mass is 657 g/mol. The van der Waals surface area contributed by atoms with Gasteiger partial charge in [-0.15, -0.1) is 0 Å². The van der Waals surface area contributed by atoms with Gasteiger partial charge in [0.25, 0.3) is 10.0 Å². The summed E-state index contributed by atoms with van der Waals surface area (Å²) < 4.78 is 28.1. The van der Waals surface area contributed by atoms with Gasteiger partial charge >= 0.3 is 6.03 Å². The first-order valence-corrected chi connectivity index (χ1v) is 19.3. The molecule has 6 rings (SSSR count). The van der Waals surface area contributed by atoms with E-state index in [1.807, 2.05) is 0 Å². The number of benzene rings is 1. The molecule has 1 aromatic carbocycles. The van der Waals surface area contributed by atoms with Crippen molar-refractivity contribution in [2.75, 3.05) is 18.0 Å². The number of sulfonamides is 1. The number of fused-ring (bicyclic) bond motifs is 6. The van der Waals surface area contributed by atoms with Crippen molar-refractivity contribution in [1.82, 2.24) is 10.0 Å². The van der Waals surface area contributed by atoms with Crippen LogP contribution in [0.3, 0.4) is 0 Å². The summed E-state index contributed by atoms with van der Waals surface area (Å²) in [7, 11) is -4.05. The zero-order valence-electron chi connectivity index (χ0n) is 28.3. The Labute approximate surface area is 275 Å². The maximum Gasteiger partial charge on any atom is 0.328 e. The average Bonchev–Trinajstić information content (AvgIpc) is 3.59. The summed E-state index contributed by atoms with van der Waals surface area (Å²) in [5, 5.41) is 25.3. The molecular formula is C36H55N3O6S. The Morgan fingerprint density at radius 3 is 2.48 bits per heavy atom. The van der Waals surface area contributed by atoms with Gasteiger partial charge in [-0.1, -0.05) is 34.1 Å². The van der Waals surface area contributed by atoms with E-state index in [4.69, 9.17) is 0 Å². The lowest BCUT2D eigenvalue weighted by atomic mass is 9.41. The van der Waals surface area contributed by atoms with E-state index >= 15 is 0 Å². The number of nitrogens with one attached hydrogen (secondary N) is 2. The van der Waals surface area contributed by atoms with Crippen molar-refractivity contribution in [3.8, 4) is 0 Å². The van der Waals surface area contributed by atoms with Gasteiger partial charge in [0.2, 0.25) is 5.91 Å². The van der Waals surface area contributed by atoms with Gasteiger partial charge in [-0.2, -0.15) is 0 Å². The Morgan fingerprint density at radius 2 is 1.76 bits per heavy atom. The first-order chi connectivity index (χ1) is 21.7. The molecule has 10 heteroatoms. The normalized spacial score (nSPS) is 39.1. The highest BCUT2D eigenvalue weighted by molar-refractivity contribution is 7.90. The van der Waals surface area contributed by atoms with Crippen LogP contribution in [-0.4, -0.2) is 55.9 Å². The number of amides is 3. The van der Waals surface area contributed by atoms with Gasteiger partial charge in [0.15, 0.2) is 0 Å². The van der Waals surface area contributed by atoms with Crippen molar-refractivity contribution >= 4 is 27.6 Å². The number of carbonyl (C=O) groups is 2. The number of carbonyl (C=O) groups excluding carboxylic acids is 2. The summed E-state index contributed by atoms with van der Waals surface area (Å²) in [6.45, 7) is 11.8. The standard InChI is InChI=1S/C36H55N3O6S/c1-6-26-30-20-24(41)11-15-36(30,5)29-12-16-35(4)27(8-9-28(35)32(29)33(26)42)21(2)13-17-37-34(43)38-46(44,45)25-7-10-31-23(19-25)14-18-39(31)22(3)40/h7,10,19,21,24,26-30,32-33,41-42H,6,8-9,11-18,20H2,1-5H3,(H2,37,38,43)/t21-,24-,26-,27-,28+,29+,30+,32+,33-,35-,36-/m1/s1. The van der Waals surface area contributed by atoms with Gasteiger partial charge in [0.1, 0.15) is 0 Å². The maximum absolute atomic E-state index is 13.0. The van der Waals surface area contributed by atoms with Crippen LogP contribution in [-0.2, 0) is 21.2 Å². The first-order valence-electron chi connectivity index (χ1n) is 17.8. The van der Waals surface area contributed by atoms with Crippen LogP contribution in [0.1, 0.15) is 98.0 Å². The number of anilines is 1. The van der Waals surface area contributed by atoms with Crippen LogP contribution in [0.2, 0.25) is 0 Å². The second-order valence-corrected chi connectivity index (χ2v) is 17.6. The summed E-state index contributed by atoms with van der Waals surface area (Å²) in [5.41, 5.74) is 1.81. The molecule has 0 aromatic heterocycles. The predicted octanol–water partition coefficient (Wildman–Crippen LogP) is 5.24. The minimum Gasteiger partial charge on any atom is -0.393 e. The van der Waals surface area contributed by atoms with E-state index in [9.17, 15) is 28.2 Å². The number of nitrogens with zero attached hydrogens (tertiary/aromatic N) is 1. The third-order valence-electron chi connectivity index (χ3n) is 13.9. The van der Waals surface area contributed by atoms with Crippen LogP contribution < -0.4 is 14.9 Å². The molecule has 0 spiro atoms. The van der Waals surface area contributed by atoms with E-state index in [2.05, 4.69) is 37.7 Å². The van der Waals surface area contributed by atoms with Crippen LogP contribution >= 0.6 is 0 Å². The Morgan fingerprint density at radius 1 is 1.04 bits per heavy atom. The SMILES string of the molecule is CC[C@H]1[C@@H](O)[C@@H]2[C@H](CC[C@]3(C)[C@@H]([C@H](C)CCNC(=O)NS(=O)(=O)c4ccc5c(c4)CCN5C(C)=O)CC[C@@H]23)[C@@]2(C)CC[C@@H](O)C[C@@H]12. The van der Waals surface area contributed by atoms with Crippen molar-refractivity contribution < 1.29 is 28.2 Å². The van der Waals surface area contributed by atoms with E-state index in [0.29, 0.717) is 55.0 Å². The molecule has 256 valence electrons. The maximum atomic E-state index is 13.0. The second-order valence-electron chi connectivity index (χ2n) is 16.0. The third-order valence-corrected chi connectivity index (χ3v) is 15.2. The Bertz CT molecular complexity index is 1450. The number of hydrogen-bond donors (Lipinski definition) is 4. The molecule has 1 heterocycles. The Kier molecular flexibility index (Phi) is 9.07. The molecule has 0 saturated heterocycles. The van der Waals surface area contributed by atoms with Crippen LogP contribution in [0.5, 0.6) is 0 Å². The lowest BCUT2D eigenvalue weighted by Crippen LogP contribution is -2.62. The van der Waals surface area contributed by atoms with Gasteiger partial charge in [-0.25, -0.2) is 17.9 Å². The van der Waals surface area contributed by atoms with Gasteiger partial charge < -0.3 is 20.4 Å². The lowest BCUT2D eigenvalue weighted by Gasteiger charge is -2.64. The molecule has 1 aliphatic heterocycles. The molecule has 4 saturated carbocycles. The summed E-state index contributed by atoms with van der Waals surface area (Å²) >= 11 is 0. The zero-order valence-corrected chi connectivity index (χ0v) is 29.1. The Hall–Kier alpha value is -2.17. The summed E-state index contributed by atoms with van der Waals surface area (Å²) in [5.74, 6) is 2.66. The number of urea groups is 1. The first kappa shape index (κ1) is 33.7. The summed E-state index contributed by atoms with van der Waals surface area (Å²) in [6, 6.07) is 3.89. The molecule has 4 aliphatic carbocycles. The second kappa shape index (κ2) is 12.4. The van der Waals surface area contributed by atoms with Crippen molar-refractivity contribution in [3.05, 3.63) is 23.8 Å². The summed E-state index contributed by atoms with van der Waals surface area (Å²) in [6.07, 6.45) is 9.01. The number of rotatable bonds is 7. The van der Waals surface area contributed by atoms with Gasteiger partial charge in [0.05, 0.1) is 17.1 Å². The minimum atomic E-state index is -4.05. The molecule has 11 atom stereocenters. The van der Waals surface area contributed by atoms with Crippen molar-refractivity contribution in [1.29, 1.82) is 0 Å². The molecule has 46 heavy (non-hydrogen) atoms. The van der Waals surface area contributed by atoms with E-state index in [-0.39, 0.29) is 39.8 Å². The molecular weight excluding hydrogens is 602 g/mol. The molecule has 4 N–H and O–H groups in total. The highest BCUT2D eigenvalue weighted by atomic mass is 32.2. The van der Waals surface area contributed by atoms with Gasteiger partial charge in [-0.3, -0.25) is 4.79 Å². The van der Waals surface area contributed by atoms with E-state index < -0.39 is 16.1 Å². The quantitative estimate of drug-likeness (QED) is 0.317. The topological polar surface area (TPSA) is 136 Å². The Balaban J connectivity index is 1.06. The molecule has 0 bridgehead atoms. The highest BCUT2D eigenvalue weighted by Crippen LogP contribution is 2.69. The van der Waals surface area contributed by atoms with Crippen LogP contribution in [0.15, 0.2) is 23.1 Å². The number of hydrogen-bond acceptors (Lipinski definition) is 6. The van der Waals surface area contributed by atoms with Crippen molar-refractivity contribution in [2.45, 2.75) is 116 Å². The fraction of sp³-hybridized carbons (Fsp3) is 0.778. The fourth-order valence-corrected chi connectivity index (χ4v) is 12.6. The predicted molar refractivity (Wildman–Crippen MR) is 177 cm³/mol. The minimum absolute atomic E-state index is 0.0143. The lowest BCUT2D eigenvalue weighted by molar-refractivity contribution is -0.203.